The van der Waals surface area contributed by atoms with Gasteiger partial charge in [0.1, 0.15) is 0 Å². The Hall–Kier alpha value is -1.88. The van der Waals surface area contributed by atoms with Gasteiger partial charge in [-0.25, -0.2) is 0 Å². The molecule has 3 fully saturated rings. The molecule has 0 aromatic heterocycles. The lowest BCUT2D eigenvalue weighted by atomic mass is 9.84. The number of carbonyl (C=O) groups excluding carboxylic acids is 2. The summed E-state index contributed by atoms with van der Waals surface area (Å²) < 4.78 is 0. The number of nitrogens with one attached hydrogen (secondary N) is 1. The normalized spacial score (nSPS) is 30.9. The monoisotopic (exact) mass is 355 g/mol. The van der Waals surface area contributed by atoms with E-state index in [1.54, 1.807) is 0 Å². The molecule has 1 heterocycles. The van der Waals surface area contributed by atoms with Crippen molar-refractivity contribution in [3.8, 4) is 0 Å². The molecule has 2 bridgehead atoms. The van der Waals surface area contributed by atoms with Crippen LogP contribution in [0, 0.1) is 17.8 Å². The molecule has 3 aliphatic rings. The van der Waals surface area contributed by atoms with Crippen molar-refractivity contribution in [2.45, 2.75) is 51.0 Å². The third-order valence-electron chi connectivity index (χ3n) is 6.58. The number of rotatable bonds is 3. The van der Waals surface area contributed by atoms with Gasteiger partial charge in [-0.1, -0.05) is 12.8 Å². The van der Waals surface area contributed by atoms with E-state index in [0.717, 1.165) is 44.5 Å². The predicted octanol–water partition coefficient (Wildman–Crippen LogP) is 3.01. The zero-order chi connectivity index (χ0) is 18.1. The highest BCUT2D eigenvalue weighted by Gasteiger charge is 2.49. The number of carbonyl (C=O) groups is 2. The molecule has 4 unspecified atom stereocenters. The number of fused-ring (bicyclic) bond motifs is 2. The summed E-state index contributed by atoms with van der Waals surface area (Å²) in [5, 5.41) is 3.01. The van der Waals surface area contributed by atoms with Gasteiger partial charge in [-0.3, -0.25) is 9.59 Å². The van der Waals surface area contributed by atoms with Gasteiger partial charge in [0.2, 0.25) is 5.91 Å². The van der Waals surface area contributed by atoms with Crippen LogP contribution < -0.4 is 11.1 Å². The van der Waals surface area contributed by atoms with Crippen LogP contribution in [0.2, 0.25) is 0 Å². The molecule has 140 valence electrons. The second-order valence-electron chi connectivity index (χ2n) is 8.21. The fourth-order valence-corrected chi connectivity index (χ4v) is 5.10. The molecule has 0 spiro atoms. The van der Waals surface area contributed by atoms with Crippen molar-refractivity contribution in [2.75, 3.05) is 18.4 Å². The molecule has 2 aliphatic carbocycles. The number of benzene rings is 1. The first-order valence-corrected chi connectivity index (χ1v) is 10.1. The standard InChI is InChI=1S/C21H29N3O2/c22-19-16-6-5-15(13-16)18(19)20(25)23-17-9-7-14(8-10-17)21(26)24-11-3-1-2-4-12-24/h7-10,15-16,18-19H,1-6,11-13,22H2,(H,23,25). The van der Waals surface area contributed by atoms with E-state index < -0.39 is 0 Å². The molecule has 2 amide bonds. The second kappa shape index (κ2) is 7.39. The van der Waals surface area contributed by atoms with Gasteiger partial charge in [0, 0.05) is 30.4 Å². The topological polar surface area (TPSA) is 75.4 Å². The van der Waals surface area contributed by atoms with Gasteiger partial charge < -0.3 is 16.0 Å². The summed E-state index contributed by atoms with van der Waals surface area (Å²) in [5.41, 5.74) is 7.71. The van der Waals surface area contributed by atoms with Crippen LogP contribution in [-0.4, -0.2) is 35.8 Å². The van der Waals surface area contributed by atoms with Crippen molar-refractivity contribution in [2.24, 2.45) is 23.5 Å². The fraction of sp³-hybridized carbons (Fsp3) is 0.619. The molecule has 26 heavy (non-hydrogen) atoms. The SMILES string of the molecule is NC1C2CCC(C2)C1C(=O)Nc1ccc(C(=O)N2CCCCCC2)cc1. The highest BCUT2D eigenvalue weighted by atomic mass is 16.2. The Bertz CT molecular complexity index is 662. The van der Waals surface area contributed by atoms with Gasteiger partial charge in [-0.15, -0.1) is 0 Å². The minimum atomic E-state index is -0.0628. The van der Waals surface area contributed by atoms with Crippen LogP contribution in [0.4, 0.5) is 5.69 Å². The minimum Gasteiger partial charge on any atom is -0.339 e. The third kappa shape index (κ3) is 3.37. The van der Waals surface area contributed by atoms with Crippen LogP contribution >= 0.6 is 0 Å². The molecule has 1 aliphatic heterocycles. The molecule has 1 aromatic rings. The van der Waals surface area contributed by atoms with E-state index in [1.165, 1.54) is 19.3 Å². The van der Waals surface area contributed by atoms with Gasteiger partial charge >= 0.3 is 0 Å². The molecule has 3 N–H and O–H groups in total. The summed E-state index contributed by atoms with van der Waals surface area (Å²) in [6, 6.07) is 7.31. The summed E-state index contributed by atoms with van der Waals surface area (Å²) in [7, 11) is 0. The minimum absolute atomic E-state index is 0.00219. The number of anilines is 1. The van der Waals surface area contributed by atoms with Crippen LogP contribution in [0.5, 0.6) is 0 Å². The third-order valence-corrected chi connectivity index (χ3v) is 6.58. The molecular formula is C21H29N3O2. The number of amides is 2. The van der Waals surface area contributed by atoms with E-state index in [0.29, 0.717) is 17.4 Å². The summed E-state index contributed by atoms with van der Waals surface area (Å²) in [5.74, 6) is 1.03. The highest BCUT2D eigenvalue weighted by molar-refractivity contribution is 5.96. The lowest BCUT2D eigenvalue weighted by Gasteiger charge is -2.27. The molecule has 5 heteroatoms. The van der Waals surface area contributed by atoms with Crippen molar-refractivity contribution in [3.63, 3.8) is 0 Å². The Balaban J connectivity index is 1.38. The number of nitrogens with two attached hydrogens (primary N) is 1. The van der Waals surface area contributed by atoms with Crippen molar-refractivity contribution in [1.82, 2.24) is 4.90 Å². The van der Waals surface area contributed by atoms with Gasteiger partial charge in [-0.2, -0.15) is 0 Å². The molecule has 4 atom stereocenters. The summed E-state index contributed by atoms with van der Waals surface area (Å²) >= 11 is 0. The van der Waals surface area contributed by atoms with Crippen LogP contribution in [0.25, 0.3) is 0 Å². The summed E-state index contributed by atoms with van der Waals surface area (Å²) in [6.07, 6.45) is 7.98. The van der Waals surface area contributed by atoms with Gasteiger partial charge in [-0.05, 0) is 68.2 Å². The van der Waals surface area contributed by atoms with Crippen molar-refractivity contribution in [3.05, 3.63) is 29.8 Å². The lowest BCUT2D eigenvalue weighted by Crippen LogP contribution is -2.42. The first-order chi connectivity index (χ1) is 12.6. The molecular weight excluding hydrogens is 326 g/mol. The lowest BCUT2D eigenvalue weighted by molar-refractivity contribution is -0.121. The average molecular weight is 355 g/mol. The van der Waals surface area contributed by atoms with Crippen LogP contribution in [0.3, 0.4) is 0 Å². The zero-order valence-electron chi connectivity index (χ0n) is 15.3. The van der Waals surface area contributed by atoms with E-state index in [-0.39, 0.29) is 23.8 Å². The van der Waals surface area contributed by atoms with E-state index in [9.17, 15) is 9.59 Å². The Kier molecular flexibility index (Phi) is 4.98. The molecule has 0 radical (unpaired) electrons. The Morgan fingerprint density at radius 1 is 0.962 bits per heavy atom. The van der Waals surface area contributed by atoms with E-state index in [2.05, 4.69) is 5.32 Å². The Morgan fingerprint density at radius 3 is 2.23 bits per heavy atom. The number of nitrogens with zero attached hydrogens (tertiary/aromatic N) is 1. The summed E-state index contributed by atoms with van der Waals surface area (Å²) in [4.78, 5) is 27.3. The Morgan fingerprint density at radius 2 is 1.62 bits per heavy atom. The zero-order valence-corrected chi connectivity index (χ0v) is 15.3. The average Bonchev–Trinajstić information content (AvgIpc) is 3.12. The molecule has 2 saturated carbocycles. The maximum absolute atomic E-state index is 12.7. The van der Waals surface area contributed by atoms with Crippen LogP contribution in [-0.2, 0) is 4.79 Å². The van der Waals surface area contributed by atoms with Crippen molar-refractivity contribution in [1.29, 1.82) is 0 Å². The largest absolute Gasteiger partial charge is 0.339 e. The smallest absolute Gasteiger partial charge is 0.253 e. The second-order valence-corrected chi connectivity index (χ2v) is 8.21. The Labute approximate surface area is 155 Å². The van der Waals surface area contributed by atoms with Crippen LogP contribution in [0.15, 0.2) is 24.3 Å². The quantitative estimate of drug-likeness (QED) is 0.875. The fourth-order valence-electron chi connectivity index (χ4n) is 5.10. The van der Waals surface area contributed by atoms with E-state index in [1.807, 2.05) is 29.2 Å². The number of hydrogen-bond donors (Lipinski definition) is 2. The van der Waals surface area contributed by atoms with E-state index >= 15 is 0 Å². The number of likely N-dealkylation sites (tertiary alicyclic amines) is 1. The summed E-state index contributed by atoms with van der Waals surface area (Å²) in [6.45, 7) is 1.69. The molecule has 5 nitrogen and oxygen atoms in total. The van der Waals surface area contributed by atoms with Gasteiger partial charge in [0.15, 0.2) is 0 Å². The highest BCUT2D eigenvalue weighted by Crippen LogP contribution is 2.47. The predicted molar refractivity (Wildman–Crippen MR) is 102 cm³/mol. The molecule has 4 rings (SSSR count). The maximum atomic E-state index is 12.7. The van der Waals surface area contributed by atoms with Gasteiger partial charge in [0.05, 0.1) is 5.92 Å². The first-order valence-electron chi connectivity index (χ1n) is 10.1. The maximum Gasteiger partial charge on any atom is 0.253 e. The van der Waals surface area contributed by atoms with Crippen molar-refractivity contribution < 1.29 is 9.59 Å². The molecule has 1 aromatic carbocycles. The van der Waals surface area contributed by atoms with Crippen molar-refractivity contribution >= 4 is 17.5 Å². The molecule has 1 saturated heterocycles. The van der Waals surface area contributed by atoms with E-state index in [4.69, 9.17) is 5.73 Å². The van der Waals surface area contributed by atoms with Crippen LogP contribution in [0.1, 0.15) is 55.3 Å². The first kappa shape index (κ1) is 17.5. The van der Waals surface area contributed by atoms with Gasteiger partial charge in [0.25, 0.3) is 5.91 Å². The number of hydrogen-bond acceptors (Lipinski definition) is 3.